The lowest BCUT2D eigenvalue weighted by atomic mass is 9.94. The Balaban J connectivity index is 1.69. The van der Waals surface area contributed by atoms with E-state index in [1.165, 1.54) is 12.8 Å². The van der Waals surface area contributed by atoms with Crippen LogP contribution in [0, 0.1) is 11.8 Å². The minimum absolute atomic E-state index is 0.0558. The number of anilines is 1. The number of carbonyl (C=O) groups is 1. The lowest BCUT2D eigenvalue weighted by Gasteiger charge is -2.33. The van der Waals surface area contributed by atoms with E-state index in [4.69, 9.17) is 5.11 Å². The van der Waals surface area contributed by atoms with Crippen LogP contribution in [0.15, 0.2) is 17.1 Å². The predicted molar refractivity (Wildman–Crippen MR) is 78.4 cm³/mol. The summed E-state index contributed by atoms with van der Waals surface area (Å²) in [5.41, 5.74) is 0.766. The van der Waals surface area contributed by atoms with E-state index < -0.39 is 5.97 Å². The summed E-state index contributed by atoms with van der Waals surface area (Å²) in [6, 6.07) is 1.64. The summed E-state index contributed by atoms with van der Waals surface area (Å²) in [5, 5.41) is 13.2. The monoisotopic (exact) mass is 291 g/mol. The van der Waals surface area contributed by atoms with Crippen molar-refractivity contribution in [3.63, 3.8) is 0 Å². The number of aromatic nitrogens is 2. The summed E-state index contributed by atoms with van der Waals surface area (Å²) in [5.74, 6) is 0.0287. The van der Waals surface area contributed by atoms with Crippen LogP contribution in [0.4, 0.5) is 5.69 Å². The first-order valence-corrected chi connectivity index (χ1v) is 7.66. The molecule has 6 heteroatoms. The van der Waals surface area contributed by atoms with Crippen LogP contribution in [0.5, 0.6) is 0 Å². The smallest absolute Gasteiger partial charge is 0.303 e. The number of carboxylic acid groups (broad SMARTS) is 1. The van der Waals surface area contributed by atoms with Crippen LogP contribution < -0.4 is 10.5 Å². The van der Waals surface area contributed by atoms with Crippen LogP contribution in [-0.2, 0) is 11.3 Å². The molecule has 1 aromatic rings. The highest BCUT2D eigenvalue weighted by Crippen LogP contribution is 2.30. The fraction of sp³-hybridized carbons (Fsp3) is 0.667. The first-order valence-electron chi connectivity index (χ1n) is 7.66. The highest BCUT2D eigenvalue weighted by atomic mass is 16.4. The number of nitrogens with zero attached hydrogens (tertiary/aromatic N) is 3. The van der Waals surface area contributed by atoms with Crippen LogP contribution in [0.25, 0.3) is 0 Å². The van der Waals surface area contributed by atoms with Crippen LogP contribution in [0.3, 0.4) is 0 Å². The second-order valence-electron chi connectivity index (χ2n) is 6.23. The molecule has 2 aliphatic rings. The van der Waals surface area contributed by atoms with Gasteiger partial charge in [-0.2, -0.15) is 5.10 Å². The van der Waals surface area contributed by atoms with Crippen molar-refractivity contribution in [2.45, 2.75) is 38.6 Å². The number of rotatable bonds is 5. The molecule has 0 spiro atoms. The quantitative estimate of drug-likeness (QED) is 0.886. The molecule has 21 heavy (non-hydrogen) atoms. The molecule has 2 fully saturated rings. The number of hydrogen-bond acceptors (Lipinski definition) is 4. The average Bonchev–Trinajstić information content (AvgIpc) is 3.25. The molecule has 0 bridgehead atoms. The van der Waals surface area contributed by atoms with E-state index in [0.717, 1.165) is 31.6 Å². The summed E-state index contributed by atoms with van der Waals surface area (Å²) in [4.78, 5) is 25.0. The number of hydrogen-bond donors (Lipinski definition) is 1. The first kappa shape index (κ1) is 14.1. The molecule has 0 radical (unpaired) electrons. The molecule has 2 heterocycles. The average molecular weight is 291 g/mol. The molecule has 1 aliphatic heterocycles. The fourth-order valence-corrected chi connectivity index (χ4v) is 2.99. The molecule has 1 N–H and O–H groups in total. The number of carboxylic acids is 1. The van der Waals surface area contributed by atoms with Crippen molar-refractivity contribution in [1.82, 2.24) is 9.78 Å². The van der Waals surface area contributed by atoms with Crippen LogP contribution in [-0.4, -0.2) is 33.9 Å². The molecule has 1 aromatic heterocycles. The van der Waals surface area contributed by atoms with Gasteiger partial charge in [0.2, 0.25) is 0 Å². The van der Waals surface area contributed by atoms with Crippen molar-refractivity contribution >= 4 is 11.7 Å². The minimum atomic E-state index is -0.750. The Labute approximate surface area is 123 Å². The number of piperidine rings is 1. The van der Waals surface area contributed by atoms with Crippen LogP contribution in [0.2, 0.25) is 0 Å². The van der Waals surface area contributed by atoms with Gasteiger partial charge in [0.05, 0.1) is 11.9 Å². The lowest BCUT2D eigenvalue weighted by Crippen LogP contribution is -2.37. The molecule has 0 amide bonds. The molecule has 1 saturated carbocycles. The Kier molecular flexibility index (Phi) is 3.94. The summed E-state index contributed by atoms with van der Waals surface area (Å²) >= 11 is 0. The molecular weight excluding hydrogens is 270 g/mol. The van der Waals surface area contributed by atoms with Gasteiger partial charge in [-0.15, -0.1) is 0 Å². The first-order chi connectivity index (χ1) is 10.1. The summed E-state index contributed by atoms with van der Waals surface area (Å²) in [7, 11) is 0. The molecule has 6 nitrogen and oxygen atoms in total. The predicted octanol–water partition coefficient (Wildman–Crippen LogP) is 1.34. The second kappa shape index (κ2) is 5.87. The van der Waals surface area contributed by atoms with Crippen molar-refractivity contribution in [2.75, 3.05) is 18.0 Å². The zero-order chi connectivity index (χ0) is 14.8. The third-order valence-electron chi connectivity index (χ3n) is 4.33. The molecule has 3 rings (SSSR count). The Morgan fingerprint density at radius 3 is 2.81 bits per heavy atom. The van der Waals surface area contributed by atoms with Crippen molar-refractivity contribution in [1.29, 1.82) is 0 Å². The van der Waals surface area contributed by atoms with Gasteiger partial charge in [0.15, 0.2) is 0 Å². The van der Waals surface area contributed by atoms with Gasteiger partial charge in [0.1, 0.15) is 0 Å². The molecule has 0 unspecified atom stereocenters. The van der Waals surface area contributed by atoms with Gasteiger partial charge in [-0.3, -0.25) is 9.59 Å². The molecular formula is C15H21N3O3. The van der Waals surface area contributed by atoms with Gasteiger partial charge in [-0.25, -0.2) is 4.68 Å². The maximum atomic E-state index is 12.1. The van der Waals surface area contributed by atoms with E-state index in [1.54, 1.807) is 16.9 Å². The Bertz CT molecular complexity index is 580. The van der Waals surface area contributed by atoms with Crippen molar-refractivity contribution in [2.24, 2.45) is 11.8 Å². The molecule has 1 saturated heterocycles. The van der Waals surface area contributed by atoms with Crippen molar-refractivity contribution in [3.05, 3.63) is 22.6 Å². The van der Waals surface area contributed by atoms with E-state index in [-0.39, 0.29) is 17.9 Å². The topological polar surface area (TPSA) is 75.4 Å². The second-order valence-corrected chi connectivity index (χ2v) is 6.23. The maximum absolute atomic E-state index is 12.1. The minimum Gasteiger partial charge on any atom is -0.481 e. The Hall–Kier alpha value is -1.85. The van der Waals surface area contributed by atoms with E-state index >= 15 is 0 Å². The van der Waals surface area contributed by atoms with Gasteiger partial charge in [-0.05, 0) is 37.5 Å². The zero-order valence-electron chi connectivity index (χ0n) is 12.1. The standard InChI is InChI=1S/C15H21N3O3/c19-14-7-13(8-16-18(14)10-11-3-4-11)17-5-1-2-12(9-17)6-15(20)21/h7-8,11-12H,1-6,9-10H2,(H,20,21)/t12-/m1/s1. The third kappa shape index (κ3) is 3.62. The van der Waals surface area contributed by atoms with E-state index in [2.05, 4.69) is 10.00 Å². The Morgan fingerprint density at radius 1 is 1.33 bits per heavy atom. The van der Waals surface area contributed by atoms with Crippen molar-refractivity contribution in [3.8, 4) is 0 Å². The summed E-state index contributed by atoms with van der Waals surface area (Å²) < 4.78 is 1.54. The van der Waals surface area contributed by atoms with Crippen LogP contribution >= 0.6 is 0 Å². The summed E-state index contributed by atoms with van der Waals surface area (Å²) in [6.45, 7) is 2.28. The van der Waals surface area contributed by atoms with Crippen LogP contribution in [0.1, 0.15) is 32.1 Å². The summed E-state index contributed by atoms with van der Waals surface area (Å²) in [6.07, 6.45) is 6.23. The fourth-order valence-electron chi connectivity index (χ4n) is 2.99. The van der Waals surface area contributed by atoms with E-state index in [0.29, 0.717) is 12.5 Å². The molecule has 1 aliphatic carbocycles. The van der Waals surface area contributed by atoms with Gasteiger partial charge < -0.3 is 10.0 Å². The van der Waals surface area contributed by atoms with E-state index in [9.17, 15) is 9.59 Å². The third-order valence-corrected chi connectivity index (χ3v) is 4.33. The maximum Gasteiger partial charge on any atom is 0.303 e. The largest absolute Gasteiger partial charge is 0.481 e. The normalized spacial score (nSPS) is 22.3. The SMILES string of the molecule is O=C(O)C[C@H]1CCCN(c2cnn(CC3CC3)c(=O)c2)C1. The molecule has 0 aromatic carbocycles. The number of aliphatic carboxylic acids is 1. The van der Waals surface area contributed by atoms with Crippen molar-refractivity contribution < 1.29 is 9.90 Å². The Morgan fingerprint density at radius 2 is 2.14 bits per heavy atom. The van der Waals surface area contributed by atoms with Gasteiger partial charge in [0, 0.05) is 32.1 Å². The van der Waals surface area contributed by atoms with E-state index in [1.807, 2.05) is 0 Å². The highest BCUT2D eigenvalue weighted by molar-refractivity contribution is 5.67. The van der Waals surface area contributed by atoms with Gasteiger partial charge >= 0.3 is 5.97 Å². The highest BCUT2D eigenvalue weighted by Gasteiger charge is 2.24. The molecule has 1 atom stereocenters. The molecule has 114 valence electrons. The van der Waals surface area contributed by atoms with Gasteiger partial charge in [0.25, 0.3) is 5.56 Å². The zero-order valence-corrected chi connectivity index (χ0v) is 12.1. The lowest BCUT2D eigenvalue weighted by molar-refractivity contribution is -0.138. The van der Waals surface area contributed by atoms with Gasteiger partial charge in [-0.1, -0.05) is 0 Å².